The summed E-state index contributed by atoms with van der Waals surface area (Å²) in [6.45, 7) is 2.67. The van der Waals surface area contributed by atoms with Crippen molar-refractivity contribution in [3.05, 3.63) is 5.73 Å². The third kappa shape index (κ3) is 208. The number of amides is 2. The van der Waals surface area contributed by atoms with Crippen LogP contribution in [0.3, 0.4) is 0 Å². The third-order valence-corrected chi connectivity index (χ3v) is 0.352. The van der Waals surface area contributed by atoms with Gasteiger partial charge in [0.15, 0.2) is 0 Å². The summed E-state index contributed by atoms with van der Waals surface area (Å²) in [6, 6.07) is 0. The largest absolute Gasteiger partial charge is 0.668 e. The molecule has 0 heterocycles. The van der Waals surface area contributed by atoms with E-state index in [1.54, 1.807) is 7.05 Å². The van der Waals surface area contributed by atoms with Gasteiger partial charge in [0.2, 0.25) is 5.91 Å². The second-order valence-electron chi connectivity index (χ2n) is 1.36. The fourth-order valence-electron chi connectivity index (χ4n) is 0. The first-order valence-corrected chi connectivity index (χ1v) is 2.41. The van der Waals surface area contributed by atoms with Gasteiger partial charge in [-0.25, -0.2) is 0 Å². The third-order valence-electron chi connectivity index (χ3n) is 0.352. The van der Waals surface area contributed by atoms with Crippen LogP contribution in [0.4, 0.5) is 0 Å². The molecule has 7 heteroatoms. The predicted molar refractivity (Wildman–Crippen MR) is 48.2 cm³/mol. The Hall–Kier alpha value is 1.00. The van der Waals surface area contributed by atoms with Gasteiger partial charge in [0.25, 0.3) is 0 Å². The van der Waals surface area contributed by atoms with E-state index >= 15 is 0 Å². The van der Waals surface area contributed by atoms with E-state index in [0.717, 1.165) is 0 Å². The fraction of sp³-hybridized carbons (Fsp3) is 0.714. The average molecular weight is 715 g/mol. The molecule has 0 aromatic heterocycles. The first-order valence-electron chi connectivity index (χ1n) is 2.41. The number of carbonyl (C=O) groups is 2. The van der Waals surface area contributed by atoms with E-state index in [1.807, 2.05) is 0 Å². The van der Waals surface area contributed by atoms with Crippen LogP contribution in [0, 0.1) is 0 Å². The second kappa shape index (κ2) is 37.0. The van der Waals surface area contributed by atoms with Gasteiger partial charge in [-0.05, 0) is 6.92 Å². The van der Waals surface area contributed by atoms with Crippen LogP contribution in [0.15, 0.2) is 0 Å². The molecule has 0 spiro atoms. The van der Waals surface area contributed by atoms with Gasteiger partial charge in [-0.1, -0.05) is 14.9 Å². The molecule has 0 bridgehead atoms. The normalized spacial score (nSPS) is 4.21. The standard InChI is InChI=1S/C3H7NO.C2H5NO.2CH4.3W/c1-3(5)4-2;1-2(3)4;;;;;/h1-2H3,(H,4,5);1H3,(H2,3,4);2*1H4;;;/p-1. The van der Waals surface area contributed by atoms with Gasteiger partial charge in [-0.3, -0.25) is 4.79 Å². The topological polar surface area (TPSA) is 70.0 Å². The molecule has 0 saturated heterocycles. The van der Waals surface area contributed by atoms with Crippen LogP contribution in [0.5, 0.6) is 0 Å². The molecule has 14 heavy (non-hydrogen) atoms. The Morgan fingerprint density at radius 3 is 1.07 bits per heavy atom. The Morgan fingerprint density at radius 1 is 1.00 bits per heavy atom. The molecule has 0 atom stereocenters. The van der Waals surface area contributed by atoms with Crippen molar-refractivity contribution < 1.29 is 72.8 Å². The molecule has 0 saturated carbocycles. The smallest absolute Gasteiger partial charge is 0.216 e. The van der Waals surface area contributed by atoms with Crippen LogP contribution in [-0.4, -0.2) is 18.9 Å². The molecule has 2 N–H and O–H groups in total. The van der Waals surface area contributed by atoms with Crippen LogP contribution < -0.4 is 5.32 Å². The first kappa shape index (κ1) is 45.9. The molecule has 4 nitrogen and oxygen atoms in total. The van der Waals surface area contributed by atoms with E-state index in [4.69, 9.17) is 10.5 Å². The maximum atomic E-state index is 9.70. The summed E-state index contributed by atoms with van der Waals surface area (Å²) < 4.78 is 0. The van der Waals surface area contributed by atoms with Crippen molar-refractivity contribution in [3.8, 4) is 0 Å². The van der Waals surface area contributed by atoms with Crippen molar-refractivity contribution >= 4 is 11.8 Å². The molecule has 0 unspecified atom stereocenters. The average Bonchev–Trinajstić information content (AvgIpc) is 1.65. The molecule has 0 aliphatic rings. The number of hydrogen-bond acceptors (Lipinski definition) is 2. The summed E-state index contributed by atoms with van der Waals surface area (Å²) >= 11 is 0. The molecule has 88 valence electrons. The zero-order chi connectivity index (χ0) is 7.86. The number of hydrogen-bond donors (Lipinski definition) is 1. The number of carbonyl (C=O) groups excluding carboxylic acids is 2. The van der Waals surface area contributed by atoms with Crippen molar-refractivity contribution in [1.82, 2.24) is 5.32 Å². The molecule has 0 aromatic rings. The Labute approximate surface area is 130 Å². The summed E-state index contributed by atoms with van der Waals surface area (Å²) in [6.07, 6.45) is 0. The van der Waals surface area contributed by atoms with E-state index in [9.17, 15) is 4.79 Å². The fourth-order valence-corrected chi connectivity index (χ4v) is 0. The predicted octanol–water partition coefficient (Wildman–Crippen LogP) is 1.60. The van der Waals surface area contributed by atoms with E-state index in [2.05, 4.69) is 5.32 Å². The number of rotatable bonds is 0. The summed E-state index contributed by atoms with van der Waals surface area (Å²) in [7, 11) is 1.60. The minimum absolute atomic E-state index is 0. The Kier molecular flexibility index (Phi) is 121. The van der Waals surface area contributed by atoms with Gasteiger partial charge in [0.1, 0.15) is 0 Å². The Balaban J connectivity index is -0.0000000104. The molecule has 2 amide bonds. The van der Waals surface area contributed by atoms with Gasteiger partial charge in [0, 0.05) is 83.1 Å². The van der Waals surface area contributed by atoms with Crippen molar-refractivity contribution in [3.63, 3.8) is 0 Å². The quantitative estimate of drug-likeness (QED) is 0.415. The van der Waals surface area contributed by atoms with Crippen molar-refractivity contribution in [1.29, 1.82) is 0 Å². The zero-order valence-electron chi connectivity index (χ0n) is 7.04. The molecular formula is C7H19N2O2W3-. The zero-order valence-corrected chi connectivity index (χ0v) is 15.8. The Morgan fingerprint density at radius 2 is 1.07 bits per heavy atom. The summed E-state index contributed by atoms with van der Waals surface area (Å²) in [5, 5.41) is 2.39. The first-order chi connectivity index (χ1) is 4.00. The van der Waals surface area contributed by atoms with Gasteiger partial charge in [0.05, 0.1) is 0 Å². The van der Waals surface area contributed by atoms with Crippen LogP contribution in [0.2, 0.25) is 0 Å². The van der Waals surface area contributed by atoms with Gasteiger partial charge in [-0.2, -0.15) is 0 Å². The van der Waals surface area contributed by atoms with Gasteiger partial charge < -0.3 is 15.8 Å². The Bertz CT molecular complexity index is 109. The van der Waals surface area contributed by atoms with E-state index in [-0.39, 0.29) is 84.0 Å². The minimum Gasteiger partial charge on any atom is -0.668 e. The maximum absolute atomic E-state index is 9.70. The van der Waals surface area contributed by atoms with E-state index in [1.165, 1.54) is 13.8 Å². The monoisotopic (exact) mass is 715 g/mol. The SMILES string of the molecule is C.C.CC([NH-])=O.CNC(C)=O.[W].[W].[W]. The minimum atomic E-state index is -0.583. The molecule has 0 aromatic carbocycles. The molecule has 0 radical (unpaired) electrons. The van der Waals surface area contributed by atoms with E-state index in [0.29, 0.717) is 0 Å². The van der Waals surface area contributed by atoms with Crippen molar-refractivity contribution in [2.24, 2.45) is 0 Å². The molecule has 0 fully saturated rings. The van der Waals surface area contributed by atoms with Crippen LogP contribution >= 0.6 is 0 Å². The van der Waals surface area contributed by atoms with Gasteiger partial charge >= 0.3 is 0 Å². The molecule has 0 rings (SSSR count). The van der Waals surface area contributed by atoms with E-state index < -0.39 is 5.91 Å². The van der Waals surface area contributed by atoms with Crippen LogP contribution in [0.1, 0.15) is 28.7 Å². The number of nitrogens with one attached hydrogen (secondary N) is 2. The van der Waals surface area contributed by atoms with Crippen molar-refractivity contribution in [2.75, 3.05) is 7.05 Å². The molecule has 0 aliphatic heterocycles. The summed E-state index contributed by atoms with van der Waals surface area (Å²) in [5.74, 6) is -0.579. The maximum Gasteiger partial charge on any atom is 0.216 e. The molecule has 0 aliphatic carbocycles. The summed E-state index contributed by atoms with van der Waals surface area (Å²) in [5.41, 5.74) is 5.94. The summed E-state index contributed by atoms with van der Waals surface area (Å²) in [4.78, 5) is 18.8. The second-order valence-corrected chi connectivity index (χ2v) is 1.36. The van der Waals surface area contributed by atoms with Gasteiger partial charge in [-0.15, -0.1) is 0 Å². The molecular weight excluding hydrogens is 696 g/mol. The van der Waals surface area contributed by atoms with Crippen LogP contribution in [-0.2, 0) is 72.8 Å². The van der Waals surface area contributed by atoms with Crippen LogP contribution in [0.25, 0.3) is 5.73 Å². The van der Waals surface area contributed by atoms with Crippen molar-refractivity contribution in [2.45, 2.75) is 28.7 Å².